The van der Waals surface area contributed by atoms with E-state index in [1.54, 1.807) is 0 Å². The molecular formula is C9H17NO4. The highest BCUT2D eigenvalue weighted by Crippen LogP contribution is 2.26. The van der Waals surface area contributed by atoms with Crippen molar-refractivity contribution in [3.8, 4) is 0 Å². The van der Waals surface area contributed by atoms with E-state index >= 15 is 0 Å². The molecule has 4 N–H and O–H groups in total. The Labute approximate surface area is 82.9 Å². The van der Waals surface area contributed by atoms with Crippen LogP contribution in [0.5, 0.6) is 0 Å². The van der Waals surface area contributed by atoms with Crippen molar-refractivity contribution in [2.24, 2.45) is 11.7 Å². The van der Waals surface area contributed by atoms with E-state index in [9.17, 15) is 9.90 Å². The molecule has 0 radical (unpaired) electrons. The van der Waals surface area contributed by atoms with Gasteiger partial charge in [0.15, 0.2) is 6.10 Å². The van der Waals surface area contributed by atoms with Crippen LogP contribution in [0.15, 0.2) is 0 Å². The second-order valence-corrected chi connectivity index (χ2v) is 3.64. The summed E-state index contributed by atoms with van der Waals surface area (Å²) in [5.74, 6) is -1.39. The summed E-state index contributed by atoms with van der Waals surface area (Å²) in [4.78, 5) is 10.8. The molecule has 0 bridgehead atoms. The van der Waals surface area contributed by atoms with Crippen LogP contribution in [-0.2, 0) is 9.53 Å². The molecule has 1 aliphatic heterocycles. The van der Waals surface area contributed by atoms with E-state index in [-0.39, 0.29) is 12.0 Å². The summed E-state index contributed by atoms with van der Waals surface area (Å²) in [5.41, 5.74) is 5.66. The maximum Gasteiger partial charge on any atom is 0.333 e. The average molecular weight is 203 g/mol. The third-order valence-corrected chi connectivity index (χ3v) is 2.73. The van der Waals surface area contributed by atoms with Gasteiger partial charge in [-0.3, -0.25) is 0 Å². The van der Waals surface area contributed by atoms with Crippen LogP contribution in [0.2, 0.25) is 0 Å². The molecule has 0 saturated carbocycles. The smallest absolute Gasteiger partial charge is 0.333 e. The number of aliphatic carboxylic acids is 1. The molecule has 4 atom stereocenters. The third kappa shape index (κ3) is 2.23. The molecule has 0 amide bonds. The van der Waals surface area contributed by atoms with Gasteiger partial charge in [0, 0.05) is 18.6 Å². The van der Waals surface area contributed by atoms with Gasteiger partial charge < -0.3 is 20.7 Å². The van der Waals surface area contributed by atoms with E-state index in [2.05, 4.69) is 0 Å². The first kappa shape index (κ1) is 11.4. The topological polar surface area (TPSA) is 92.8 Å². The number of hydrogen-bond donors (Lipinski definition) is 3. The highest BCUT2D eigenvalue weighted by atomic mass is 16.5. The van der Waals surface area contributed by atoms with E-state index in [1.807, 2.05) is 6.92 Å². The van der Waals surface area contributed by atoms with Crippen molar-refractivity contribution in [3.63, 3.8) is 0 Å². The first-order valence-electron chi connectivity index (χ1n) is 4.86. The van der Waals surface area contributed by atoms with Crippen molar-refractivity contribution in [2.75, 3.05) is 6.61 Å². The molecule has 5 nitrogen and oxygen atoms in total. The summed E-state index contributed by atoms with van der Waals surface area (Å²) in [6, 6.07) is -0.372. The zero-order valence-corrected chi connectivity index (χ0v) is 8.22. The standard InChI is InChI=1S/C9H17NO4/c1-2-6(10)7(11)5-3-4-14-8(5)9(12)13/h5-8,11H,2-4,10H2,1H3,(H,12,13)/t5-,6-,7-,8+/m0/s1. The van der Waals surface area contributed by atoms with Gasteiger partial charge in [-0.25, -0.2) is 4.79 Å². The molecule has 0 unspecified atom stereocenters. The van der Waals surface area contributed by atoms with E-state index in [4.69, 9.17) is 15.6 Å². The average Bonchev–Trinajstić information content (AvgIpc) is 2.63. The van der Waals surface area contributed by atoms with E-state index in [1.165, 1.54) is 0 Å². The van der Waals surface area contributed by atoms with Crippen LogP contribution in [0.25, 0.3) is 0 Å². The van der Waals surface area contributed by atoms with Crippen molar-refractivity contribution in [1.82, 2.24) is 0 Å². The number of ether oxygens (including phenoxy) is 1. The summed E-state index contributed by atoms with van der Waals surface area (Å²) in [5, 5.41) is 18.6. The predicted molar refractivity (Wildman–Crippen MR) is 49.8 cm³/mol. The van der Waals surface area contributed by atoms with Gasteiger partial charge in [0.05, 0.1) is 6.10 Å². The fourth-order valence-corrected chi connectivity index (χ4v) is 1.77. The number of aliphatic hydroxyl groups is 1. The predicted octanol–water partition coefficient (Wildman–Crippen LogP) is -0.426. The molecule has 82 valence electrons. The largest absolute Gasteiger partial charge is 0.479 e. The Kier molecular flexibility index (Phi) is 3.86. The van der Waals surface area contributed by atoms with Crippen LogP contribution in [-0.4, -0.2) is 41.0 Å². The lowest BCUT2D eigenvalue weighted by Crippen LogP contribution is -2.44. The van der Waals surface area contributed by atoms with Crippen LogP contribution in [0.1, 0.15) is 19.8 Å². The lowest BCUT2D eigenvalue weighted by atomic mass is 9.89. The zero-order chi connectivity index (χ0) is 10.7. The number of carbonyl (C=O) groups is 1. The second kappa shape index (κ2) is 4.72. The summed E-state index contributed by atoms with van der Waals surface area (Å²) < 4.78 is 5.03. The van der Waals surface area contributed by atoms with Crippen molar-refractivity contribution < 1.29 is 19.7 Å². The van der Waals surface area contributed by atoms with Gasteiger partial charge >= 0.3 is 5.97 Å². The van der Waals surface area contributed by atoms with Crippen LogP contribution in [0.3, 0.4) is 0 Å². The molecule has 1 saturated heterocycles. The van der Waals surface area contributed by atoms with Crippen molar-refractivity contribution in [2.45, 2.75) is 38.0 Å². The number of nitrogens with two attached hydrogens (primary N) is 1. The fourth-order valence-electron chi connectivity index (χ4n) is 1.77. The molecule has 1 aliphatic rings. The van der Waals surface area contributed by atoms with Gasteiger partial charge in [-0.1, -0.05) is 6.92 Å². The minimum Gasteiger partial charge on any atom is -0.479 e. The number of carboxylic acids is 1. The molecule has 14 heavy (non-hydrogen) atoms. The molecule has 0 aromatic heterocycles. The lowest BCUT2D eigenvalue weighted by molar-refractivity contribution is -0.151. The number of carboxylic acid groups (broad SMARTS) is 1. The van der Waals surface area contributed by atoms with E-state index < -0.39 is 18.2 Å². The Hall–Kier alpha value is -0.650. The van der Waals surface area contributed by atoms with Gasteiger partial charge in [-0.15, -0.1) is 0 Å². The lowest BCUT2D eigenvalue weighted by Gasteiger charge is -2.25. The molecule has 0 spiro atoms. The van der Waals surface area contributed by atoms with Gasteiger partial charge in [0.2, 0.25) is 0 Å². The first-order valence-corrected chi connectivity index (χ1v) is 4.86. The Morgan fingerprint density at radius 1 is 1.71 bits per heavy atom. The summed E-state index contributed by atoms with van der Waals surface area (Å²) in [6.45, 7) is 2.24. The molecule has 1 fully saturated rings. The maximum absolute atomic E-state index is 10.8. The van der Waals surface area contributed by atoms with E-state index in [0.29, 0.717) is 19.4 Å². The number of rotatable bonds is 4. The number of hydrogen-bond acceptors (Lipinski definition) is 4. The van der Waals surface area contributed by atoms with Crippen LogP contribution < -0.4 is 5.73 Å². The fraction of sp³-hybridized carbons (Fsp3) is 0.889. The van der Waals surface area contributed by atoms with Gasteiger partial charge in [-0.2, -0.15) is 0 Å². The monoisotopic (exact) mass is 203 g/mol. The van der Waals surface area contributed by atoms with Crippen LogP contribution >= 0.6 is 0 Å². The Morgan fingerprint density at radius 2 is 2.36 bits per heavy atom. The Bertz CT molecular complexity index is 209. The Morgan fingerprint density at radius 3 is 2.86 bits per heavy atom. The van der Waals surface area contributed by atoms with Crippen molar-refractivity contribution in [3.05, 3.63) is 0 Å². The molecule has 1 heterocycles. The zero-order valence-electron chi connectivity index (χ0n) is 8.22. The van der Waals surface area contributed by atoms with Crippen molar-refractivity contribution >= 4 is 5.97 Å². The summed E-state index contributed by atoms with van der Waals surface area (Å²) >= 11 is 0. The Balaban J connectivity index is 2.61. The van der Waals surface area contributed by atoms with E-state index in [0.717, 1.165) is 0 Å². The van der Waals surface area contributed by atoms with Gasteiger partial charge in [-0.05, 0) is 12.8 Å². The quantitative estimate of drug-likeness (QED) is 0.576. The molecule has 1 rings (SSSR count). The van der Waals surface area contributed by atoms with Crippen LogP contribution in [0, 0.1) is 5.92 Å². The van der Waals surface area contributed by atoms with Crippen LogP contribution in [0.4, 0.5) is 0 Å². The maximum atomic E-state index is 10.8. The molecule has 0 aromatic rings. The minimum absolute atomic E-state index is 0.372. The highest BCUT2D eigenvalue weighted by molar-refractivity contribution is 5.73. The first-order chi connectivity index (χ1) is 6.57. The molecule has 0 aromatic carbocycles. The normalized spacial score (nSPS) is 31.4. The van der Waals surface area contributed by atoms with Gasteiger partial charge in [0.1, 0.15) is 0 Å². The van der Waals surface area contributed by atoms with Crippen molar-refractivity contribution in [1.29, 1.82) is 0 Å². The SMILES string of the molecule is CC[C@H](N)[C@@H](O)[C@@H]1CCO[C@H]1C(=O)O. The molecule has 0 aliphatic carbocycles. The molecule has 5 heteroatoms. The number of aliphatic hydroxyl groups excluding tert-OH is 1. The third-order valence-electron chi connectivity index (χ3n) is 2.73. The summed E-state index contributed by atoms with van der Waals surface area (Å²) in [7, 11) is 0. The molecular weight excluding hydrogens is 186 g/mol. The highest BCUT2D eigenvalue weighted by Gasteiger charge is 2.40. The minimum atomic E-state index is -1.02. The van der Waals surface area contributed by atoms with Gasteiger partial charge in [0.25, 0.3) is 0 Å². The summed E-state index contributed by atoms with van der Waals surface area (Å²) in [6.07, 6.45) is -0.498. The second-order valence-electron chi connectivity index (χ2n) is 3.64.